The van der Waals surface area contributed by atoms with Crippen molar-refractivity contribution in [1.29, 1.82) is 0 Å². The predicted molar refractivity (Wildman–Crippen MR) is 86.4 cm³/mol. The maximum Gasteiger partial charge on any atom is 0.192 e. The van der Waals surface area contributed by atoms with Crippen LogP contribution in [-0.2, 0) is 13.9 Å². The van der Waals surface area contributed by atoms with Crippen molar-refractivity contribution in [2.45, 2.75) is 83.3 Å². The molecule has 1 N–H and O–H groups in total. The Bertz CT molecular complexity index is 392. The van der Waals surface area contributed by atoms with Crippen LogP contribution in [0.25, 0.3) is 0 Å². The Morgan fingerprint density at radius 1 is 1.33 bits per heavy atom. The molecule has 4 nitrogen and oxygen atoms in total. The molecule has 0 aromatic heterocycles. The lowest BCUT2D eigenvalue weighted by Gasteiger charge is -2.40. The molecule has 0 amide bonds. The van der Waals surface area contributed by atoms with Gasteiger partial charge in [0.05, 0.1) is 6.10 Å². The zero-order chi connectivity index (χ0) is 16.5. The molecule has 5 heteroatoms. The fourth-order valence-corrected chi connectivity index (χ4v) is 3.52. The Labute approximate surface area is 130 Å². The zero-order valence-corrected chi connectivity index (χ0v) is 15.4. The molecule has 0 saturated carbocycles. The second-order valence-corrected chi connectivity index (χ2v) is 12.4. The summed E-state index contributed by atoms with van der Waals surface area (Å²) < 4.78 is 18.1. The number of rotatable bonds is 5. The van der Waals surface area contributed by atoms with Crippen LogP contribution < -0.4 is 0 Å². The number of aliphatic hydroxyl groups is 1. The Balaban J connectivity index is 2.95. The van der Waals surface area contributed by atoms with Crippen LogP contribution in [0.5, 0.6) is 0 Å². The van der Waals surface area contributed by atoms with Gasteiger partial charge in [-0.25, -0.2) is 0 Å². The van der Waals surface area contributed by atoms with Crippen molar-refractivity contribution in [2.24, 2.45) is 0 Å². The molecule has 21 heavy (non-hydrogen) atoms. The maximum atomic E-state index is 9.37. The fourth-order valence-electron chi connectivity index (χ4n) is 2.16. The van der Waals surface area contributed by atoms with Crippen LogP contribution in [-0.4, -0.2) is 44.1 Å². The van der Waals surface area contributed by atoms with Gasteiger partial charge in [-0.05, 0) is 38.4 Å². The van der Waals surface area contributed by atoms with E-state index in [-0.39, 0.29) is 23.9 Å². The molecule has 1 aliphatic heterocycles. The molecule has 122 valence electrons. The van der Waals surface area contributed by atoms with E-state index in [9.17, 15) is 5.11 Å². The van der Waals surface area contributed by atoms with E-state index in [2.05, 4.69) is 39.8 Å². The molecule has 0 bridgehead atoms. The summed E-state index contributed by atoms with van der Waals surface area (Å²) in [6.45, 7) is 14.7. The minimum absolute atomic E-state index is 0.0386. The summed E-state index contributed by atoms with van der Waals surface area (Å²) in [5.41, 5.74) is 0. The van der Waals surface area contributed by atoms with Crippen molar-refractivity contribution in [1.82, 2.24) is 0 Å². The van der Waals surface area contributed by atoms with Crippen molar-refractivity contribution in [3.05, 3.63) is 0 Å². The van der Waals surface area contributed by atoms with Crippen LogP contribution in [0.4, 0.5) is 0 Å². The Hall–Kier alpha value is -0.383. The van der Waals surface area contributed by atoms with Crippen molar-refractivity contribution < 1.29 is 19.0 Å². The van der Waals surface area contributed by atoms with Gasteiger partial charge in [-0.1, -0.05) is 26.7 Å². The minimum atomic E-state index is -1.98. The summed E-state index contributed by atoms with van der Waals surface area (Å²) in [6, 6.07) is 0. The summed E-state index contributed by atoms with van der Waals surface area (Å²) in [6.07, 6.45) is 5.03. The van der Waals surface area contributed by atoms with Crippen LogP contribution in [0.3, 0.4) is 0 Å². The molecule has 0 aliphatic carbocycles. The number of ether oxygens (including phenoxy) is 2. The third-order valence-corrected chi connectivity index (χ3v) is 8.83. The maximum absolute atomic E-state index is 9.37. The Kier molecular flexibility index (Phi) is 5.68. The summed E-state index contributed by atoms with van der Waals surface area (Å²) in [5.74, 6) is 1.92. The van der Waals surface area contributed by atoms with Gasteiger partial charge in [0.15, 0.2) is 14.1 Å². The van der Waals surface area contributed by atoms with Crippen LogP contribution >= 0.6 is 0 Å². The lowest BCUT2D eigenvalue weighted by atomic mass is 10.1. The summed E-state index contributed by atoms with van der Waals surface area (Å²) in [5, 5.41) is 9.46. The summed E-state index contributed by atoms with van der Waals surface area (Å²) >= 11 is 0. The highest BCUT2D eigenvalue weighted by molar-refractivity contribution is 6.74. The van der Waals surface area contributed by atoms with E-state index in [0.29, 0.717) is 6.42 Å². The molecule has 0 radical (unpaired) electrons. The van der Waals surface area contributed by atoms with E-state index < -0.39 is 20.2 Å². The first-order valence-electron chi connectivity index (χ1n) is 7.54. The molecule has 0 aromatic carbocycles. The van der Waals surface area contributed by atoms with Crippen LogP contribution in [0.1, 0.15) is 41.0 Å². The highest BCUT2D eigenvalue weighted by Crippen LogP contribution is 2.40. The molecule has 0 aromatic rings. The molecule has 1 saturated heterocycles. The highest BCUT2D eigenvalue weighted by Gasteiger charge is 2.48. The standard InChI is InChI=1S/C16H30O4Si/c1-9-12-14(19-16(5,6)18-12)13(10-11-17)20-21(7,8)15(2,3)4/h1,12-14,17H,10-11H2,2-8H3/t12-,13+,14-/m1/s1. The molecule has 3 atom stereocenters. The van der Waals surface area contributed by atoms with Gasteiger partial charge >= 0.3 is 0 Å². The van der Waals surface area contributed by atoms with E-state index in [1.165, 1.54) is 0 Å². The van der Waals surface area contributed by atoms with Crippen molar-refractivity contribution in [3.63, 3.8) is 0 Å². The Morgan fingerprint density at radius 2 is 1.90 bits per heavy atom. The molecule has 1 heterocycles. The van der Waals surface area contributed by atoms with Gasteiger partial charge in [0.2, 0.25) is 0 Å². The smallest absolute Gasteiger partial charge is 0.192 e. The van der Waals surface area contributed by atoms with Crippen molar-refractivity contribution in [2.75, 3.05) is 6.61 Å². The minimum Gasteiger partial charge on any atom is -0.411 e. The van der Waals surface area contributed by atoms with Gasteiger partial charge in [0.25, 0.3) is 0 Å². The van der Waals surface area contributed by atoms with E-state index >= 15 is 0 Å². The van der Waals surface area contributed by atoms with Crippen molar-refractivity contribution >= 4 is 8.32 Å². The number of aliphatic hydroxyl groups excluding tert-OH is 1. The SMILES string of the molecule is C#C[C@H]1OC(C)(C)O[C@H]1[C@H](CCO)O[Si](C)(C)C(C)(C)C. The van der Waals surface area contributed by atoms with Gasteiger partial charge in [-0.3, -0.25) is 0 Å². The van der Waals surface area contributed by atoms with Gasteiger partial charge in [-0.2, -0.15) is 0 Å². The van der Waals surface area contributed by atoms with E-state index in [0.717, 1.165) is 0 Å². The average molecular weight is 314 g/mol. The molecule has 0 spiro atoms. The lowest BCUT2D eigenvalue weighted by molar-refractivity contribution is -0.152. The second kappa shape index (κ2) is 6.39. The molecule has 1 rings (SSSR count). The second-order valence-electron chi connectivity index (χ2n) is 7.62. The first kappa shape index (κ1) is 18.7. The van der Waals surface area contributed by atoms with Crippen LogP contribution in [0.15, 0.2) is 0 Å². The molecule has 1 fully saturated rings. The zero-order valence-electron chi connectivity index (χ0n) is 14.4. The highest BCUT2D eigenvalue weighted by atomic mass is 28.4. The first-order chi connectivity index (χ1) is 9.43. The van der Waals surface area contributed by atoms with Crippen LogP contribution in [0.2, 0.25) is 18.1 Å². The predicted octanol–water partition coefficient (Wildman–Crippen LogP) is 2.91. The molecule has 1 aliphatic rings. The number of hydrogen-bond donors (Lipinski definition) is 1. The van der Waals surface area contributed by atoms with Gasteiger partial charge in [0, 0.05) is 6.61 Å². The monoisotopic (exact) mass is 314 g/mol. The Morgan fingerprint density at radius 3 is 2.33 bits per heavy atom. The lowest BCUT2D eigenvalue weighted by Crippen LogP contribution is -2.49. The first-order valence-corrected chi connectivity index (χ1v) is 10.4. The van der Waals surface area contributed by atoms with Gasteiger partial charge in [-0.15, -0.1) is 6.42 Å². The topological polar surface area (TPSA) is 47.9 Å². The van der Waals surface area contributed by atoms with E-state index in [1.807, 2.05) is 13.8 Å². The number of terminal acetylenes is 1. The third kappa shape index (κ3) is 4.54. The quantitative estimate of drug-likeness (QED) is 0.626. The van der Waals surface area contributed by atoms with Crippen LogP contribution in [0, 0.1) is 12.3 Å². The summed E-state index contributed by atoms with van der Waals surface area (Å²) in [7, 11) is -1.98. The molecular weight excluding hydrogens is 284 g/mol. The van der Waals surface area contributed by atoms with Gasteiger partial charge in [0.1, 0.15) is 12.2 Å². The molecular formula is C16H30O4Si. The van der Waals surface area contributed by atoms with E-state index in [4.69, 9.17) is 20.3 Å². The fraction of sp³-hybridized carbons (Fsp3) is 0.875. The largest absolute Gasteiger partial charge is 0.411 e. The number of hydrogen-bond acceptors (Lipinski definition) is 4. The van der Waals surface area contributed by atoms with E-state index in [1.54, 1.807) is 0 Å². The third-order valence-electron chi connectivity index (χ3n) is 4.33. The average Bonchev–Trinajstić information content (AvgIpc) is 2.62. The normalized spacial score (nSPS) is 27.4. The molecule has 0 unspecified atom stereocenters. The van der Waals surface area contributed by atoms with Gasteiger partial charge < -0.3 is 19.0 Å². The van der Waals surface area contributed by atoms with Crippen molar-refractivity contribution in [3.8, 4) is 12.3 Å². The summed E-state index contributed by atoms with van der Waals surface area (Å²) in [4.78, 5) is 0.